The monoisotopic (exact) mass is 321 g/mol. The van der Waals surface area contributed by atoms with E-state index in [0.717, 1.165) is 28.8 Å². The third kappa shape index (κ3) is 4.52. The number of benzene rings is 1. The first-order chi connectivity index (χ1) is 9.28. The number of hydrogen-bond acceptors (Lipinski definition) is 4. The van der Waals surface area contributed by atoms with E-state index in [9.17, 15) is 0 Å². The molecule has 1 heterocycles. The van der Waals surface area contributed by atoms with Crippen LogP contribution >= 0.6 is 15.9 Å². The summed E-state index contributed by atoms with van der Waals surface area (Å²) >= 11 is 3.43. The van der Waals surface area contributed by atoms with Crippen molar-refractivity contribution >= 4 is 21.7 Å². The minimum absolute atomic E-state index is 0.478. The molecule has 0 saturated carbocycles. The summed E-state index contributed by atoms with van der Waals surface area (Å²) in [5.41, 5.74) is 1.09. The van der Waals surface area contributed by atoms with Crippen molar-refractivity contribution in [1.82, 2.24) is 9.97 Å². The molecule has 4 nitrogen and oxygen atoms in total. The van der Waals surface area contributed by atoms with Gasteiger partial charge in [-0.1, -0.05) is 35.0 Å². The summed E-state index contributed by atoms with van der Waals surface area (Å²) in [6.45, 7) is 3.46. The first-order valence-corrected chi connectivity index (χ1v) is 7.00. The fourth-order valence-corrected chi connectivity index (χ4v) is 1.99. The van der Waals surface area contributed by atoms with Crippen LogP contribution in [0.4, 0.5) is 5.82 Å². The third-order valence-electron chi connectivity index (χ3n) is 2.44. The molecular weight excluding hydrogens is 306 g/mol. The van der Waals surface area contributed by atoms with Gasteiger partial charge >= 0.3 is 0 Å². The van der Waals surface area contributed by atoms with E-state index in [4.69, 9.17) is 4.74 Å². The highest BCUT2D eigenvalue weighted by Crippen LogP contribution is 2.15. The van der Waals surface area contributed by atoms with Gasteiger partial charge in [0.05, 0.1) is 12.4 Å². The molecule has 0 saturated heterocycles. The minimum atomic E-state index is 0.478. The first kappa shape index (κ1) is 13.8. The van der Waals surface area contributed by atoms with E-state index in [0.29, 0.717) is 12.5 Å². The van der Waals surface area contributed by atoms with Crippen LogP contribution in [0.1, 0.15) is 18.9 Å². The van der Waals surface area contributed by atoms with Gasteiger partial charge in [0.1, 0.15) is 12.4 Å². The molecule has 0 aliphatic carbocycles. The van der Waals surface area contributed by atoms with E-state index in [1.807, 2.05) is 24.3 Å². The molecule has 0 aliphatic rings. The van der Waals surface area contributed by atoms with E-state index in [1.54, 1.807) is 12.4 Å². The number of halogens is 1. The molecule has 0 fully saturated rings. The topological polar surface area (TPSA) is 47.0 Å². The average Bonchev–Trinajstić information content (AvgIpc) is 2.43. The lowest BCUT2D eigenvalue weighted by molar-refractivity contribution is 0.293. The normalized spacial score (nSPS) is 10.2. The lowest BCUT2D eigenvalue weighted by Gasteiger charge is -2.07. The number of rotatable bonds is 6. The number of anilines is 1. The number of aromatic nitrogens is 2. The van der Waals surface area contributed by atoms with Gasteiger partial charge in [-0.05, 0) is 24.1 Å². The largest absolute Gasteiger partial charge is 0.472 e. The SMILES string of the molecule is CCCNc1cncc(OCc2cccc(Br)c2)n1. The van der Waals surface area contributed by atoms with Crippen LogP contribution in [0.3, 0.4) is 0 Å². The van der Waals surface area contributed by atoms with Crippen molar-refractivity contribution < 1.29 is 4.74 Å². The van der Waals surface area contributed by atoms with E-state index in [-0.39, 0.29) is 0 Å². The Morgan fingerprint density at radius 2 is 2.21 bits per heavy atom. The van der Waals surface area contributed by atoms with Gasteiger partial charge < -0.3 is 10.1 Å². The van der Waals surface area contributed by atoms with Gasteiger partial charge in [0, 0.05) is 11.0 Å². The molecule has 0 bridgehead atoms. The predicted molar refractivity (Wildman–Crippen MR) is 79.3 cm³/mol. The fourth-order valence-electron chi connectivity index (χ4n) is 1.54. The summed E-state index contributed by atoms with van der Waals surface area (Å²) in [4.78, 5) is 8.45. The Morgan fingerprint density at radius 1 is 1.32 bits per heavy atom. The van der Waals surface area contributed by atoms with Crippen molar-refractivity contribution in [3.05, 3.63) is 46.7 Å². The zero-order valence-corrected chi connectivity index (χ0v) is 12.4. The van der Waals surface area contributed by atoms with E-state index >= 15 is 0 Å². The smallest absolute Gasteiger partial charge is 0.234 e. The maximum atomic E-state index is 5.63. The second-order valence-electron chi connectivity index (χ2n) is 4.09. The highest BCUT2D eigenvalue weighted by molar-refractivity contribution is 9.10. The van der Waals surface area contributed by atoms with Crippen molar-refractivity contribution in [1.29, 1.82) is 0 Å². The van der Waals surface area contributed by atoms with Crippen LogP contribution in [0.2, 0.25) is 0 Å². The summed E-state index contributed by atoms with van der Waals surface area (Å²) in [5.74, 6) is 1.27. The highest BCUT2D eigenvalue weighted by Gasteiger charge is 2.00. The highest BCUT2D eigenvalue weighted by atomic mass is 79.9. The Bertz CT molecular complexity index is 534. The summed E-state index contributed by atoms with van der Waals surface area (Å²) < 4.78 is 6.67. The predicted octanol–water partition coefficient (Wildman–Crippen LogP) is 3.64. The van der Waals surface area contributed by atoms with Crippen molar-refractivity contribution in [3.63, 3.8) is 0 Å². The van der Waals surface area contributed by atoms with Crippen LogP contribution in [0, 0.1) is 0 Å². The van der Waals surface area contributed by atoms with E-state index in [2.05, 4.69) is 38.1 Å². The van der Waals surface area contributed by atoms with E-state index in [1.165, 1.54) is 0 Å². The van der Waals surface area contributed by atoms with Crippen molar-refractivity contribution in [2.45, 2.75) is 20.0 Å². The molecule has 0 amide bonds. The zero-order chi connectivity index (χ0) is 13.5. The first-order valence-electron chi connectivity index (χ1n) is 6.21. The maximum absolute atomic E-state index is 5.63. The van der Waals surface area contributed by atoms with Crippen molar-refractivity contribution in [3.8, 4) is 5.88 Å². The molecule has 0 spiro atoms. The number of nitrogens with zero attached hydrogens (tertiary/aromatic N) is 2. The molecule has 0 atom stereocenters. The Kier molecular flexibility index (Phi) is 5.15. The zero-order valence-electron chi connectivity index (χ0n) is 10.8. The Morgan fingerprint density at radius 3 is 3.00 bits per heavy atom. The van der Waals surface area contributed by atoms with Crippen LogP contribution in [0.25, 0.3) is 0 Å². The van der Waals surface area contributed by atoms with Gasteiger partial charge in [0.15, 0.2) is 0 Å². The summed E-state index contributed by atoms with van der Waals surface area (Å²) in [6.07, 6.45) is 4.36. The maximum Gasteiger partial charge on any atom is 0.234 e. The van der Waals surface area contributed by atoms with Gasteiger partial charge in [0.25, 0.3) is 0 Å². The average molecular weight is 322 g/mol. The Labute approximate surface area is 121 Å². The Hall–Kier alpha value is -1.62. The standard InChI is InChI=1S/C14H16BrN3O/c1-2-6-17-13-8-16-9-14(18-13)19-10-11-4-3-5-12(15)7-11/h3-5,7-9H,2,6,10H2,1H3,(H,17,18). The molecule has 2 rings (SSSR count). The lowest BCUT2D eigenvalue weighted by atomic mass is 10.2. The quantitative estimate of drug-likeness (QED) is 0.882. The molecule has 1 aromatic carbocycles. The molecule has 0 radical (unpaired) electrons. The Balaban J connectivity index is 1.95. The molecule has 0 aliphatic heterocycles. The molecular formula is C14H16BrN3O. The van der Waals surface area contributed by atoms with Crippen LogP contribution < -0.4 is 10.1 Å². The van der Waals surface area contributed by atoms with Crippen LogP contribution in [-0.4, -0.2) is 16.5 Å². The second kappa shape index (κ2) is 7.09. The molecule has 19 heavy (non-hydrogen) atoms. The molecule has 100 valence electrons. The fraction of sp³-hybridized carbons (Fsp3) is 0.286. The van der Waals surface area contributed by atoms with Gasteiger partial charge in [-0.3, -0.25) is 4.98 Å². The number of hydrogen-bond donors (Lipinski definition) is 1. The molecule has 1 aromatic heterocycles. The van der Waals surface area contributed by atoms with Gasteiger partial charge in [-0.15, -0.1) is 0 Å². The lowest BCUT2D eigenvalue weighted by Crippen LogP contribution is -2.04. The number of ether oxygens (including phenoxy) is 1. The molecule has 2 aromatic rings. The molecule has 0 unspecified atom stereocenters. The van der Waals surface area contributed by atoms with Crippen LogP contribution in [-0.2, 0) is 6.61 Å². The summed E-state index contributed by atoms with van der Waals surface area (Å²) in [6, 6.07) is 8.00. The van der Waals surface area contributed by atoms with E-state index < -0.39 is 0 Å². The van der Waals surface area contributed by atoms with Crippen molar-refractivity contribution in [2.24, 2.45) is 0 Å². The van der Waals surface area contributed by atoms with Gasteiger partial charge in [-0.2, -0.15) is 4.98 Å². The summed E-state index contributed by atoms with van der Waals surface area (Å²) in [7, 11) is 0. The molecule has 5 heteroatoms. The van der Waals surface area contributed by atoms with Crippen LogP contribution in [0.15, 0.2) is 41.1 Å². The van der Waals surface area contributed by atoms with Crippen LogP contribution in [0.5, 0.6) is 5.88 Å². The minimum Gasteiger partial charge on any atom is -0.472 e. The molecule has 1 N–H and O–H groups in total. The third-order valence-corrected chi connectivity index (χ3v) is 2.94. The van der Waals surface area contributed by atoms with Gasteiger partial charge in [0.2, 0.25) is 5.88 Å². The second-order valence-corrected chi connectivity index (χ2v) is 5.00. The summed E-state index contributed by atoms with van der Waals surface area (Å²) in [5, 5.41) is 3.18. The van der Waals surface area contributed by atoms with Gasteiger partial charge in [-0.25, -0.2) is 0 Å². The van der Waals surface area contributed by atoms with Crippen molar-refractivity contribution in [2.75, 3.05) is 11.9 Å². The number of nitrogens with one attached hydrogen (secondary N) is 1.